The number of nitrogens with zero attached hydrogens (tertiary/aromatic N) is 1. The van der Waals surface area contributed by atoms with E-state index in [9.17, 15) is 8.78 Å². The molecule has 5 heteroatoms. The third kappa shape index (κ3) is 4.25. The van der Waals surface area contributed by atoms with E-state index in [4.69, 9.17) is 17.3 Å². The van der Waals surface area contributed by atoms with E-state index in [1.165, 1.54) is 12.1 Å². The van der Waals surface area contributed by atoms with Crippen LogP contribution < -0.4 is 5.73 Å². The highest BCUT2D eigenvalue weighted by Gasteiger charge is 2.38. The molecule has 0 spiro atoms. The Morgan fingerprint density at radius 3 is 2.46 bits per heavy atom. The minimum Gasteiger partial charge on any atom is -0.323 e. The Morgan fingerprint density at radius 2 is 1.88 bits per heavy atom. The summed E-state index contributed by atoms with van der Waals surface area (Å²) in [7, 11) is 0. The SMILES string of the molecule is CCCCC(c1cc(F)cc(F)c1)N1CC[C@H]1[C@H](N)c1cccc(Cl)c1. The standard InChI is InChI=1S/C21H25ClF2N2/c1-2-3-7-19(15-11-17(23)13-18(24)12-15)26-9-8-20(26)21(25)14-5-4-6-16(22)10-14/h4-6,10-13,19-21H,2-3,7-9,25H2,1H3/t19?,20-,21+/m0/s1. The molecule has 1 saturated heterocycles. The van der Waals surface area contributed by atoms with Gasteiger partial charge in [-0.1, -0.05) is 43.5 Å². The van der Waals surface area contributed by atoms with E-state index in [0.29, 0.717) is 10.6 Å². The van der Waals surface area contributed by atoms with Crippen LogP contribution >= 0.6 is 11.6 Å². The van der Waals surface area contributed by atoms with Gasteiger partial charge in [-0.05, 0) is 48.2 Å². The normalized spacial score (nSPS) is 19.8. The predicted octanol–water partition coefficient (Wildman–Crippen LogP) is 5.62. The first-order valence-electron chi connectivity index (χ1n) is 9.22. The summed E-state index contributed by atoms with van der Waals surface area (Å²) in [4.78, 5) is 2.29. The number of rotatable bonds is 7. The summed E-state index contributed by atoms with van der Waals surface area (Å²) in [5.41, 5.74) is 8.20. The number of unbranched alkanes of at least 4 members (excludes halogenated alkanes) is 1. The topological polar surface area (TPSA) is 29.3 Å². The predicted molar refractivity (Wildman–Crippen MR) is 102 cm³/mol. The second-order valence-corrected chi connectivity index (χ2v) is 7.47. The highest BCUT2D eigenvalue weighted by molar-refractivity contribution is 6.30. The molecule has 0 saturated carbocycles. The zero-order valence-corrected chi connectivity index (χ0v) is 15.7. The van der Waals surface area contributed by atoms with E-state index >= 15 is 0 Å². The van der Waals surface area contributed by atoms with E-state index in [-0.39, 0.29) is 18.1 Å². The number of halogens is 3. The van der Waals surface area contributed by atoms with Gasteiger partial charge < -0.3 is 5.73 Å². The van der Waals surface area contributed by atoms with Gasteiger partial charge in [0.05, 0.1) is 0 Å². The van der Waals surface area contributed by atoms with Crippen molar-refractivity contribution in [3.8, 4) is 0 Å². The summed E-state index contributed by atoms with van der Waals surface area (Å²) in [5, 5.41) is 0.665. The largest absolute Gasteiger partial charge is 0.323 e. The molecule has 1 unspecified atom stereocenters. The Bertz CT molecular complexity index is 732. The van der Waals surface area contributed by atoms with E-state index in [2.05, 4.69) is 11.8 Å². The van der Waals surface area contributed by atoms with Crippen LogP contribution in [0.4, 0.5) is 8.78 Å². The molecule has 140 valence electrons. The highest BCUT2D eigenvalue weighted by Crippen LogP contribution is 2.39. The zero-order chi connectivity index (χ0) is 18.7. The van der Waals surface area contributed by atoms with Gasteiger partial charge in [0.15, 0.2) is 0 Å². The number of nitrogens with two attached hydrogens (primary N) is 1. The number of benzene rings is 2. The van der Waals surface area contributed by atoms with Crippen LogP contribution in [0.3, 0.4) is 0 Å². The molecular weight excluding hydrogens is 354 g/mol. The van der Waals surface area contributed by atoms with Gasteiger partial charge in [0.25, 0.3) is 0 Å². The van der Waals surface area contributed by atoms with Crippen LogP contribution in [0.2, 0.25) is 5.02 Å². The fourth-order valence-corrected chi connectivity index (χ4v) is 4.02. The van der Waals surface area contributed by atoms with E-state index in [1.807, 2.05) is 24.3 Å². The van der Waals surface area contributed by atoms with Crippen LogP contribution in [0.15, 0.2) is 42.5 Å². The third-order valence-corrected chi connectivity index (χ3v) is 5.49. The van der Waals surface area contributed by atoms with Gasteiger partial charge in [-0.15, -0.1) is 0 Å². The van der Waals surface area contributed by atoms with Crippen LogP contribution in [0.1, 0.15) is 55.8 Å². The Morgan fingerprint density at radius 1 is 1.15 bits per heavy atom. The summed E-state index contributed by atoms with van der Waals surface area (Å²) < 4.78 is 27.5. The lowest BCUT2D eigenvalue weighted by molar-refractivity contribution is 0.0186. The second-order valence-electron chi connectivity index (χ2n) is 7.04. The van der Waals surface area contributed by atoms with Crippen molar-refractivity contribution in [1.82, 2.24) is 4.90 Å². The number of hydrogen-bond acceptors (Lipinski definition) is 2. The fraction of sp³-hybridized carbons (Fsp3) is 0.429. The van der Waals surface area contributed by atoms with Crippen molar-refractivity contribution in [2.75, 3.05) is 6.54 Å². The van der Waals surface area contributed by atoms with Crippen molar-refractivity contribution in [2.24, 2.45) is 5.73 Å². The molecule has 0 radical (unpaired) electrons. The molecule has 1 heterocycles. The molecular formula is C21H25ClF2N2. The van der Waals surface area contributed by atoms with Crippen LogP contribution in [0.5, 0.6) is 0 Å². The molecule has 1 fully saturated rings. The minimum absolute atomic E-state index is 0.0239. The van der Waals surface area contributed by atoms with E-state index in [1.54, 1.807) is 0 Å². The summed E-state index contributed by atoms with van der Waals surface area (Å²) in [6.07, 6.45) is 3.86. The molecule has 2 aromatic carbocycles. The first kappa shape index (κ1) is 19.3. The first-order chi connectivity index (χ1) is 12.5. The monoisotopic (exact) mass is 378 g/mol. The molecule has 2 N–H and O–H groups in total. The van der Waals surface area contributed by atoms with Gasteiger partial charge in [-0.25, -0.2) is 8.78 Å². The van der Waals surface area contributed by atoms with Crippen molar-refractivity contribution < 1.29 is 8.78 Å². The summed E-state index contributed by atoms with van der Waals surface area (Å²) in [5.74, 6) is -1.06. The summed E-state index contributed by atoms with van der Waals surface area (Å²) in [6, 6.07) is 11.4. The number of hydrogen-bond donors (Lipinski definition) is 1. The van der Waals surface area contributed by atoms with E-state index in [0.717, 1.165) is 43.9 Å². The molecule has 2 aromatic rings. The molecule has 1 aliphatic heterocycles. The van der Waals surface area contributed by atoms with Crippen LogP contribution in [0, 0.1) is 11.6 Å². The van der Waals surface area contributed by atoms with Crippen molar-refractivity contribution >= 4 is 11.6 Å². The average molecular weight is 379 g/mol. The Labute approximate surface area is 159 Å². The average Bonchev–Trinajstić information content (AvgIpc) is 2.56. The van der Waals surface area contributed by atoms with Gasteiger partial charge in [0.2, 0.25) is 0 Å². The van der Waals surface area contributed by atoms with Crippen molar-refractivity contribution in [3.05, 3.63) is 70.2 Å². The lowest BCUT2D eigenvalue weighted by Crippen LogP contribution is -2.54. The van der Waals surface area contributed by atoms with E-state index < -0.39 is 11.6 Å². The van der Waals surface area contributed by atoms with Crippen molar-refractivity contribution in [1.29, 1.82) is 0 Å². The van der Waals surface area contributed by atoms with Crippen molar-refractivity contribution in [2.45, 2.75) is 50.7 Å². The Balaban J connectivity index is 1.84. The molecule has 0 bridgehead atoms. The molecule has 1 aliphatic rings. The Kier molecular flexibility index (Phi) is 6.28. The second kappa shape index (κ2) is 8.47. The lowest BCUT2D eigenvalue weighted by atomic mass is 9.86. The van der Waals surface area contributed by atoms with Crippen molar-refractivity contribution in [3.63, 3.8) is 0 Å². The molecule has 0 aromatic heterocycles. The maximum atomic E-state index is 13.8. The maximum absolute atomic E-state index is 13.8. The molecule has 26 heavy (non-hydrogen) atoms. The molecule has 2 nitrogen and oxygen atoms in total. The van der Waals surface area contributed by atoms with Gasteiger partial charge in [0.1, 0.15) is 11.6 Å². The van der Waals surface area contributed by atoms with Gasteiger partial charge in [0, 0.05) is 35.8 Å². The zero-order valence-electron chi connectivity index (χ0n) is 15.0. The smallest absolute Gasteiger partial charge is 0.126 e. The fourth-order valence-electron chi connectivity index (χ4n) is 3.83. The minimum atomic E-state index is -0.530. The molecule has 0 aliphatic carbocycles. The van der Waals surface area contributed by atoms with Gasteiger partial charge in [-0.3, -0.25) is 4.90 Å². The molecule has 3 rings (SSSR count). The van der Waals surface area contributed by atoms with Crippen LogP contribution in [-0.4, -0.2) is 17.5 Å². The first-order valence-corrected chi connectivity index (χ1v) is 9.60. The molecule has 3 atom stereocenters. The number of likely N-dealkylation sites (tertiary alicyclic amines) is 1. The summed E-state index contributed by atoms with van der Waals surface area (Å²) in [6.45, 7) is 3.00. The van der Waals surface area contributed by atoms with Gasteiger partial charge >= 0.3 is 0 Å². The Hall–Kier alpha value is -1.49. The molecule has 0 amide bonds. The lowest BCUT2D eigenvalue weighted by Gasteiger charge is -2.49. The quantitative estimate of drug-likeness (QED) is 0.677. The maximum Gasteiger partial charge on any atom is 0.126 e. The highest BCUT2D eigenvalue weighted by atomic mass is 35.5. The third-order valence-electron chi connectivity index (χ3n) is 5.26. The van der Waals surface area contributed by atoms with Crippen LogP contribution in [-0.2, 0) is 0 Å². The van der Waals surface area contributed by atoms with Gasteiger partial charge in [-0.2, -0.15) is 0 Å². The summed E-state index contributed by atoms with van der Waals surface area (Å²) >= 11 is 6.10. The van der Waals surface area contributed by atoms with Crippen LogP contribution in [0.25, 0.3) is 0 Å².